The van der Waals surface area contributed by atoms with Crippen molar-refractivity contribution in [3.05, 3.63) is 29.8 Å². The van der Waals surface area contributed by atoms with Gasteiger partial charge in [0.25, 0.3) is 0 Å². The Kier molecular flexibility index (Phi) is 7.04. The van der Waals surface area contributed by atoms with Crippen molar-refractivity contribution < 1.29 is 0 Å². The minimum absolute atomic E-state index is 0.974. The predicted octanol–water partition coefficient (Wildman–Crippen LogP) is 3.11. The van der Waals surface area contributed by atoms with E-state index >= 15 is 0 Å². The van der Waals surface area contributed by atoms with Gasteiger partial charge in [-0.1, -0.05) is 26.0 Å². The van der Waals surface area contributed by atoms with Crippen molar-refractivity contribution in [3.63, 3.8) is 0 Å². The molecular formula is C18H31N3. The number of nitrogens with one attached hydrogen (secondary N) is 1. The van der Waals surface area contributed by atoms with Crippen LogP contribution in [0.15, 0.2) is 24.3 Å². The average Bonchev–Trinajstić information content (AvgIpc) is 2.56. The SMILES string of the molecule is CCN(CC)CCNCc1ccc(N2CCCCC2)cc1. The fourth-order valence-corrected chi connectivity index (χ4v) is 2.99. The van der Waals surface area contributed by atoms with Crippen LogP contribution in [0.1, 0.15) is 38.7 Å². The molecule has 1 N–H and O–H groups in total. The van der Waals surface area contributed by atoms with E-state index in [9.17, 15) is 0 Å². The summed E-state index contributed by atoms with van der Waals surface area (Å²) in [6.45, 7) is 12.4. The van der Waals surface area contributed by atoms with Crippen LogP contribution in [0.2, 0.25) is 0 Å². The van der Waals surface area contributed by atoms with E-state index in [-0.39, 0.29) is 0 Å². The van der Waals surface area contributed by atoms with Crippen LogP contribution in [0.3, 0.4) is 0 Å². The van der Waals surface area contributed by atoms with E-state index in [0.29, 0.717) is 0 Å². The molecule has 3 heteroatoms. The van der Waals surface area contributed by atoms with Crippen molar-refractivity contribution in [1.29, 1.82) is 0 Å². The Balaban J connectivity index is 1.72. The van der Waals surface area contributed by atoms with Crippen LogP contribution in [0.4, 0.5) is 5.69 Å². The number of hydrogen-bond donors (Lipinski definition) is 1. The predicted molar refractivity (Wildman–Crippen MR) is 92.0 cm³/mol. The molecule has 1 saturated heterocycles. The Labute approximate surface area is 130 Å². The zero-order valence-electron chi connectivity index (χ0n) is 13.8. The second kappa shape index (κ2) is 9.06. The van der Waals surface area contributed by atoms with Gasteiger partial charge in [-0.3, -0.25) is 0 Å². The number of benzene rings is 1. The highest BCUT2D eigenvalue weighted by atomic mass is 15.1. The Morgan fingerprint density at radius 1 is 1.00 bits per heavy atom. The number of hydrogen-bond acceptors (Lipinski definition) is 3. The minimum Gasteiger partial charge on any atom is -0.372 e. The monoisotopic (exact) mass is 289 g/mol. The highest BCUT2D eigenvalue weighted by Gasteiger charge is 2.10. The average molecular weight is 289 g/mol. The van der Waals surface area contributed by atoms with Crippen molar-refractivity contribution in [3.8, 4) is 0 Å². The van der Waals surface area contributed by atoms with Gasteiger partial charge in [0.15, 0.2) is 0 Å². The summed E-state index contributed by atoms with van der Waals surface area (Å²) in [6.07, 6.45) is 4.08. The first-order chi connectivity index (χ1) is 10.3. The first kappa shape index (κ1) is 16.3. The molecule has 0 atom stereocenters. The number of likely N-dealkylation sites (N-methyl/N-ethyl adjacent to an activating group) is 1. The summed E-state index contributed by atoms with van der Waals surface area (Å²) in [7, 11) is 0. The second-order valence-electron chi connectivity index (χ2n) is 5.92. The van der Waals surface area contributed by atoms with E-state index in [0.717, 1.165) is 32.7 Å². The zero-order chi connectivity index (χ0) is 14.9. The van der Waals surface area contributed by atoms with Crippen LogP contribution in [0.5, 0.6) is 0 Å². The molecule has 1 aromatic carbocycles. The standard InChI is InChI=1S/C18H31N3/c1-3-20(4-2)15-12-19-16-17-8-10-18(11-9-17)21-13-6-5-7-14-21/h8-11,19H,3-7,12-16H2,1-2H3. The summed E-state index contributed by atoms with van der Waals surface area (Å²) in [5.74, 6) is 0. The van der Waals surface area contributed by atoms with Gasteiger partial charge >= 0.3 is 0 Å². The van der Waals surface area contributed by atoms with Crippen molar-refractivity contribution in [1.82, 2.24) is 10.2 Å². The Bertz CT molecular complexity index is 378. The van der Waals surface area contributed by atoms with Crippen molar-refractivity contribution >= 4 is 5.69 Å². The molecule has 1 aromatic rings. The number of anilines is 1. The van der Waals surface area contributed by atoms with Gasteiger partial charge in [-0.2, -0.15) is 0 Å². The molecule has 0 spiro atoms. The summed E-state index contributed by atoms with van der Waals surface area (Å²) in [6, 6.07) is 9.11. The minimum atomic E-state index is 0.974. The van der Waals surface area contributed by atoms with E-state index in [1.54, 1.807) is 0 Å². The number of rotatable bonds is 8. The van der Waals surface area contributed by atoms with Crippen molar-refractivity contribution in [2.45, 2.75) is 39.7 Å². The summed E-state index contributed by atoms with van der Waals surface area (Å²) in [5.41, 5.74) is 2.77. The summed E-state index contributed by atoms with van der Waals surface area (Å²) < 4.78 is 0. The van der Waals surface area contributed by atoms with Gasteiger partial charge < -0.3 is 15.1 Å². The van der Waals surface area contributed by atoms with E-state index in [4.69, 9.17) is 0 Å². The highest BCUT2D eigenvalue weighted by Crippen LogP contribution is 2.20. The van der Waals surface area contributed by atoms with Gasteiger partial charge in [-0.15, -0.1) is 0 Å². The fourth-order valence-electron chi connectivity index (χ4n) is 2.99. The molecule has 21 heavy (non-hydrogen) atoms. The van der Waals surface area contributed by atoms with E-state index in [1.807, 2.05) is 0 Å². The molecule has 0 radical (unpaired) electrons. The van der Waals surface area contributed by atoms with Gasteiger partial charge in [0.05, 0.1) is 0 Å². The van der Waals surface area contributed by atoms with Gasteiger partial charge in [0.2, 0.25) is 0 Å². The molecule has 0 aliphatic carbocycles. The second-order valence-corrected chi connectivity index (χ2v) is 5.92. The molecule has 0 aromatic heterocycles. The maximum atomic E-state index is 3.54. The Hall–Kier alpha value is -1.06. The van der Waals surface area contributed by atoms with E-state index in [1.165, 1.54) is 43.6 Å². The molecule has 0 amide bonds. The third-order valence-electron chi connectivity index (χ3n) is 4.49. The van der Waals surface area contributed by atoms with Crippen LogP contribution in [0.25, 0.3) is 0 Å². The van der Waals surface area contributed by atoms with Crippen LogP contribution < -0.4 is 10.2 Å². The molecule has 0 unspecified atom stereocenters. The van der Waals surface area contributed by atoms with Crippen molar-refractivity contribution in [2.75, 3.05) is 44.2 Å². The first-order valence-corrected chi connectivity index (χ1v) is 8.60. The molecule has 0 saturated carbocycles. The molecule has 1 aliphatic heterocycles. The summed E-state index contributed by atoms with van der Waals surface area (Å²) in [5, 5.41) is 3.54. The van der Waals surface area contributed by atoms with Gasteiger partial charge in [0.1, 0.15) is 0 Å². The van der Waals surface area contributed by atoms with Crippen molar-refractivity contribution in [2.24, 2.45) is 0 Å². The molecule has 0 bridgehead atoms. The topological polar surface area (TPSA) is 18.5 Å². The molecule has 1 fully saturated rings. The van der Waals surface area contributed by atoms with Gasteiger partial charge in [-0.25, -0.2) is 0 Å². The van der Waals surface area contributed by atoms with Crippen LogP contribution in [0, 0.1) is 0 Å². The Morgan fingerprint density at radius 3 is 2.29 bits per heavy atom. The molecule has 118 valence electrons. The fraction of sp³-hybridized carbons (Fsp3) is 0.667. The van der Waals surface area contributed by atoms with Gasteiger partial charge in [-0.05, 0) is 50.0 Å². The molecule has 3 nitrogen and oxygen atoms in total. The summed E-state index contributed by atoms with van der Waals surface area (Å²) in [4.78, 5) is 4.97. The van der Waals surface area contributed by atoms with Gasteiger partial charge in [0, 0.05) is 38.4 Å². The summed E-state index contributed by atoms with van der Waals surface area (Å²) >= 11 is 0. The lowest BCUT2D eigenvalue weighted by atomic mass is 10.1. The lowest BCUT2D eigenvalue weighted by Crippen LogP contribution is -2.31. The molecule has 2 rings (SSSR count). The number of nitrogens with zero attached hydrogens (tertiary/aromatic N) is 2. The van der Waals surface area contributed by atoms with Crippen LogP contribution in [-0.4, -0.2) is 44.2 Å². The molecular weight excluding hydrogens is 258 g/mol. The quantitative estimate of drug-likeness (QED) is 0.742. The maximum Gasteiger partial charge on any atom is 0.0366 e. The molecule has 1 heterocycles. The third-order valence-corrected chi connectivity index (χ3v) is 4.49. The first-order valence-electron chi connectivity index (χ1n) is 8.60. The highest BCUT2D eigenvalue weighted by molar-refractivity contribution is 5.47. The normalized spacial score (nSPS) is 15.7. The third kappa shape index (κ3) is 5.33. The molecule has 1 aliphatic rings. The van der Waals surface area contributed by atoms with E-state index < -0.39 is 0 Å². The Morgan fingerprint density at radius 2 is 1.67 bits per heavy atom. The zero-order valence-corrected chi connectivity index (χ0v) is 13.8. The maximum absolute atomic E-state index is 3.54. The lowest BCUT2D eigenvalue weighted by molar-refractivity contribution is 0.302. The van der Waals surface area contributed by atoms with E-state index in [2.05, 4.69) is 53.2 Å². The number of piperidine rings is 1. The lowest BCUT2D eigenvalue weighted by Gasteiger charge is -2.28. The van der Waals surface area contributed by atoms with Crippen LogP contribution in [-0.2, 0) is 6.54 Å². The largest absolute Gasteiger partial charge is 0.372 e. The smallest absolute Gasteiger partial charge is 0.0366 e. The van der Waals surface area contributed by atoms with Crippen LogP contribution >= 0.6 is 0 Å².